The van der Waals surface area contributed by atoms with Crippen LogP contribution in [0.2, 0.25) is 0 Å². The highest BCUT2D eigenvalue weighted by molar-refractivity contribution is 6.10. The summed E-state index contributed by atoms with van der Waals surface area (Å²) in [4.78, 5) is 36.5. The van der Waals surface area contributed by atoms with E-state index in [1.807, 2.05) is 0 Å². The minimum absolute atomic E-state index is 0.00175. The second kappa shape index (κ2) is 6.90. The third kappa shape index (κ3) is 3.52. The standard InChI is InChI=1S/C22H20FN5O3/c1-11-16(17-18(28-22(2)5-6-22)25-10-26-21(17)31-11)20(30)24-9-13-7-12-3-4-14(23)8-15(12)27-19(13)29/h3-4,7-8,10H,5-6,9H2,1-2H3,(H,24,30)(H,27,29)(H,25,26,28). The Bertz CT molecular complexity index is 1400. The number of aryl methyl sites for hydroxylation is 1. The Labute approximate surface area is 175 Å². The van der Waals surface area contributed by atoms with Crippen molar-refractivity contribution in [2.75, 3.05) is 5.32 Å². The number of anilines is 1. The van der Waals surface area contributed by atoms with Crippen molar-refractivity contribution in [1.82, 2.24) is 20.3 Å². The Morgan fingerprint density at radius 1 is 1.29 bits per heavy atom. The minimum atomic E-state index is -0.432. The van der Waals surface area contributed by atoms with Crippen LogP contribution >= 0.6 is 0 Å². The van der Waals surface area contributed by atoms with Gasteiger partial charge in [0.2, 0.25) is 5.71 Å². The Morgan fingerprint density at radius 2 is 2.10 bits per heavy atom. The lowest BCUT2D eigenvalue weighted by molar-refractivity contribution is 0.0950. The van der Waals surface area contributed by atoms with Crippen molar-refractivity contribution in [3.8, 4) is 0 Å². The van der Waals surface area contributed by atoms with E-state index in [9.17, 15) is 14.0 Å². The van der Waals surface area contributed by atoms with Gasteiger partial charge in [0, 0.05) is 17.6 Å². The van der Waals surface area contributed by atoms with E-state index in [4.69, 9.17) is 4.42 Å². The summed E-state index contributed by atoms with van der Waals surface area (Å²) < 4.78 is 19.1. The summed E-state index contributed by atoms with van der Waals surface area (Å²) in [7, 11) is 0. The van der Waals surface area contributed by atoms with Crippen LogP contribution in [-0.2, 0) is 6.54 Å². The third-order valence-electron chi connectivity index (χ3n) is 5.64. The Kier molecular flexibility index (Phi) is 4.28. The van der Waals surface area contributed by atoms with Crippen molar-refractivity contribution >= 4 is 33.7 Å². The number of pyridine rings is 1. The smallest absolute Gasteiger partial charge is 0.255 e. The molecule has 1 aromatic carbocycles. The molecule has 0 saturated heterocycles. The number of H-pyrrole nitrogens is 1. The molecular formula is C22H20FN5O3. The molecular weight excluding hydrogens is 401 g/mol. The average molecular weight is 421 g/mol. The molecule has 0 spiro atoms. The second-order valence-electron chi connectivity index (χ2n) is 8.16. The molecule has 8 nitrogen and oxygen atoms in total. The number of fused-ring (bicyclic) bond motifs is 2. The maximum absolute atomic E-state index is 13.4. The molecule has 0 unspecified atom stereocenters. The molecule has 1 saturated carbocycles. The van der Waals surface area contributed by atoms with Crippen molar-refractivity contribution in [2.24, 2.45) is 0 Å². The maximum atomic E-state index is 13.4. The van der Waals surface area contributed by atoms with Crippen molar-refractivity contribution in [1.29, 1.82) is 0 Å². The lowest BCUT2D eigenvalue weighted by Gasteiger charge is -2.13. The number of aromatic nitrogens is 3. The van der Waals surface area contributed by atoms with E-state index >= 15 is 0 Å². The first-order valence-electron chi connectivity index (χ1n) is 9.95. The SMILES string of the molecule is Cc1oc2ncnc(NC3(C)CC3)c2c1C(=O)NCc1cc2ccc(F)cc2[nH]c1=O. The van der Waals surface area contributed by atoms with Gasteiger partial charge in [-0.2, -0.15) is 0 Å². The van der Waals surface area contributed by atoms with Crippen molar-refractivity contribution < 1.29 is 13.6 Å². The van der Waals surface area contributed by atoms with Crippen LogP contribution in [0.5, 0.6) is 0 Å². The summed E-state index contributed by atoms with van der Waals surface area (Å²) in [5.74, 6) is 0.143. The molecule has 1 aliphatic rings. The number of hydrogen-bond acceptors (Lipinski definition) is 6. The number of carbonyl (C=O) groups is 1. The molecule has 31 heavy (non-hydrogen) atoms. The molecule has 9 heteroatoms. The van der Waals surface area contributed by atoms with Crippen LogP contribution in [0.1, 0.15) is 41.4 Å². The van der Waals surface area contributed by atoms with E-state index in [2.05, 4.69) is 32.5 Å². The largest absolute Gasteiger partial charge is 0.442 e. The molecule has 5 rings (SSSR count). The number of hydrogen-bond donors (Lipinski definition) is 3. The van der Waals surface area contributed by atoms with Gasteiger partial charge < -0.3 is 20.0 Å². The number of benzene rings is 1. The predicted molar refractivity (Wildman–Crippen MR) is 113 cm³/mol. The predicted octanol–water partition coefficient (Wildman–Crippen LogP) is 3.41. The van der Waals surface area contributed by atoms with Gasteiger partial charge in [0.15, 0.2) is 0 Å². The van der Waals surface area contributed by atoms with Gasteiger partial charge >= 0.3 is 0 Å². The highest BCUT2D eigenvalue weighted by atomic mass is 19.1. The van der Waals surface area contributed by atoms with Gasteiger partial charge in [0.05, 0.1) is 16.5 Å². The molecule has 0 radical (unpaired) electrons. The van der Waals surface area contributed by atoms with Gasteiger partial charge in [-0.05, 0) is 56.3 Å². The van der Waals surface area contributed by atoms with Crippen molar-refractivity contribution in [2.45, 2.75) is 38.8 Å². The number of halogens is 1. The number of amides is 1. The summed E-state index contributed by atoms with van der Waals surface area (Å²) in [6.07, 6.45) is 3.44. The topological polar surface area (TPSA) is 113 Å². The van der Waals surface area contributed by atoms with Crippen LogP contribution in [0.4, 0.5) is 10.2 Å². The van der Waals surface area contributed by atoms with Gasteiger partial charge in [-0.25, -0.2) is 14.4 Å². The second-order valence-corrected chi connectivity index (χ2v) is 8.16. The quantitative estimate of drug-likeness (QED) is 0.455. The van der Waals surface area contributed by atoms with E-state index in [0.29, 0.717) is 44.7 Å². The fourth-order valence-corrected chi connectivity index (χ4v) is 3.62. The van der Waals surface area contributed by atoms with E-state index in [0.717, 1.165) is 12.8 Å². The van der Waals surface area contributed by atoms with Crippen LogP contribution in [0.15, 0.2) is 39.8 Å². The molecule has 1 aliphatic carbocycles. The van der Waals surface area contributed by atoms with Crippen LogP contribution in [-0.4, -0.2) is 26.4 Å². The summed E-state index contributed by atoms with van der Waals surface area (Å²) in [5.41, 5.74) is 0.991. The molecule has 0 atom stereocenters. The zero-order valence-electron chi connectivity index (χ0n) is 17.0. The van der Waals surface area contributed by atoms with Crippen molar-refractivity contribution in [3.05, 3.63) is 63.7 Å². The molecule has 3 heterocycles. The first-order chi connectivity index (χ1) is 14.8. The minimum Gasteiger partial charge on any atom is -0.442 e. The molecule has 4 aromatic rings. The summed E-state index contributed by atoms with van der Waals surface area (Å²) in [6, 6.07) is 5.79. The van der Waals surface area contributed by atoms with Crippen LogP contribution in [0, 0.1) is 12.7 Å². The summed E-state index contributed by atoms with van der Waals surface area (Å²) in [6.45, 7) is 3.78. The van der Waals surface area contributed by atoms with Gasteiger partial charge in [0.25, 0.3) is 11.5 Å². The fraction of sp³-hybridized carbons (Fsp3) is 0.273. The number of aromatic amines is 1. The zero-order chi connectivity index (χ0) is 21.8. The van der Waals surface area contributed by atoms with Crippen LogP contribution in [0.25, 0.3) is 22.0 Å². The summed E-state index contributed by atoms with van der Waals surface area (Å²) in [5, 5.41) is 7.35. The molecule has 3 N–H and O–H groups in total. The van der Waals surface area contributed by atoms with Gasteiger partial charge in [-0.1, -0.05) is 0 Å². The first-order valence-corrected chi connectivity index (χ1v) is 9.95. The normalized spacial score (nSPS) is 14.7. The van der Waals surface area contributed by atoms with E-state index in [1.165, 1.54) is 18.5 Å². The lowest BCUT2D eigenvalue weighted by Crippen LogP contribution is -2.27. The number of nitrogens with one attached hydrogen (secondary N) is 3. The van der Waals surface area contributed by atoms with E-state index in [-0.39, 0.29) is 17.6 Å². The molecule has 0 aliphatic heterocycles. The van der Waals surface area contributed by atoms with Crippen LogP contribution < -0.4 is 16.2 Å². The highest BCUT2D eigenvalue weighted by Gasteiger charge is 2.38. The van der Waals surface area contributed by atoms with Gasteiger partial charge in [0.1, 0.15) is 23.7 Å². The molecule has 1 fully saturated rings. The van der Waals surface area contributed by atoms with Crippen LogP contribution in [0.3, 0.4) is 0 Å². The Balaban J connectivity index is 1.45. The third-order valence-corrected chi connectivity index (χ3v) is 5.64. The number of nitrogens with zero attached hydrogens (tertiary/aromatic N) is 2. The highest BCUT2D eigenvalue weighted by Crippen LogP contribution is 2.40. The van der Waals surface area contributed by atoms with Crippen molar-refractivity contribution in [3.63, 3.8) is 0 Å². The Hall–Kier alpha value is -3.75. The molecule has 3 aromatic heterocycles. The maximum Gasteiger partial charge on any atom is 0.255 e. The number of rotatable bonds is 5. The van der Waals surface area contributed by atoms with Gasteiger partial charge in [-0.3, -0.25) is 9.59 Å². The molecule has 0 bridgehead atoms. The zero-order valence-corrected chi connectivity index (χ0v) is 17.0. The first kappa shape index (κ1) is 19.2. The average Bonchev–Trinajstić information content (AvgIpc) is 3.34. The lowest BCUT2D eigenvalue weighted by atomic mass is 10.1. The monoisotopic (exact) mass is 421 g/mol. The fourth-order valence-electron chi connectivity index (χ4n) is 3.62. The summed E-state index contributed by atoms with van der Waals surface area (Å²) >= 11 is 0. The van der Waals surface area contributed by atoms with E-state index < -0.39 is 11.7 Å². The molecule has 158 valence electrons. The van der Waals surface area contributed by atoms with E-state index in [1.54, 1.807) is 19.1 Å². The Morgan fingerprint density at radius 3 is 2.87 bits per heavy atom. The number of carbonyl (C=O) groups excluding carboxylic acids is 1. The van der Waals surface area contributed by atoms with Gasteiger partial charge in [-0.15, -0.1) is 0 Å². The number of furan rings is 1. The molecule has 1 amide bonds.